The molecule has 0 spiro atoms. The molecule has 0 bridgehead atoms. The van der Waals surface area contributed by atoms with Gasteiger partial charge < -0.3 is 10.5 Å². The number of hydrogen-bond acceptors (Lipinski definition) is 3. The number of ether oxygens (including phenoxy) is 1. The molecule has 2 aromatic rings. The van der Waals surface area contributed by atoms with Crippen LogP contribution in [0.25, 0.3) is 0 Å². The Morgan fingerprint density at radius 1 is 1.42 bits per heavy atom. The van der Waals surface area contributed by atoms with Gasteiger partial charge in [0.15, 0.2) is 0 Å². The molecule has 0 amide bonds. The molecule has 0 aliphatic heterocycles. The molecule has 1 heterocycles. The van der Waals surface area contributed by atoms with E-state index in [1.807, 2.05) is 13.8 Å². The quantitative estimate of drug-likeness (QED) is 0.901. The number of benzene rings is 1. The summed E-state index contributed by atoms with van der Waals surface area (Å²) in [5, 5.41) is 5.02. The first-order valence-corrected chi connectivity index (χ1v) is 7.02. The van der Waals surface area contributed by atoms with Crippen LogP contribution in [0.3, 0.4) is 0 Å². The van der Waals surface area contributed by atoms with Crippen molar-refractivity contribution < 1.29 is 4.74 Å². The number of anilines is 1. The van der Waals surface area contributed by atoms with Gasteiger partial charge in [0.05, 0.1) is 10.2 Å². The van der Waals surface area contributed by atoms with Crippen LogP contribution in [0.2, 0.25) is 5.02 Å². The van der Waals surface area contributed by atoms with Crippen molar-refractivity contribution >= 4 is 33.2 Å². The maximum Gasteiger partial charge on any atom is 0.241 e. The lowest BCUT2D eigenvalue weighted by molar-refractivity contribution is 0.430. The molecule has 1 aromatic carbocycles. The number of rotatable bonds is 3. The zero-order valence-corrected chi connectivity index (χ0v) is 13.3. The van der Waals surface area contributed by atoms with E-state index in [2.05, 4.69) is 21.0 Å². The average molecular weight is 345 g/mol. The van der Waals surface area contributed by atoms with E-state index in [0.717, 1.165) is 10.2 Å². The first kappa shape index (κ1) is 14.2. The van der Waals surface area contributed by atoms with Crippen molar-refractivity contribution in [3.8, 4) is 11.6 Å². The smallest absolute Gasteiger partial charge is 0.241 e. The molecule has 0 unspecified atom stereocenters. The molecule has 4 nitrogen and oxygen atoms in total. The largest absolute Gasteiger partial charge is 0.436 e. The lowest BCUT2D eigenvalue weighted by Crippen LogP contribution is -1.97. The van der Waals surface area contributed by atoms with Gasteiger partial charge in [0.2, 0.25) is 5.88 Å². The summed E-state index contributed by atoms with van der Waals surface area (Å²) in [5.74, 6) is 1.43. The fourth-order valence-corrected chi connectivity index (χ4v) is 2.52. The molecule has 0 aliphatic carbocycles. The Hall–Kier alpha value is -1.20. The molecule has 1 aromatic heterocycles. The zero-order chi connectivity index (χ0) is 14.2. The summed E-state index contributed by atoms with van der Waals surface area (Å²) in [6.07, 6.45) is 0. The highest BCUT2D eigenvalue weighted by atomic mass is 79.9. The van der Waals surface area contributed by atoms with Crippen molar-refractivity contribution in [1.29, 1.82) is 0 Å². The Balaban J connectivity index is 2.38. The SMILES string of the molecule is CC(C)c1nn(C)c(Oc2ccc(Cl)cc2Br)c1N. The average Bonchev–Trinajstić information content (AvgIpc) is 2.60. The third-order valence-electron chi connectivity index (χ3n) is 2.71. The normalized spacial score (nSPS) is 11.1. The van der Waals surface area contributed by atoms with Crippen LogP contribution in [0.1, 0.15) is 25.5 Å². The highest BCUT2D eigenvalue weighted by Crippen LogP contribution is 2.36. The van der Waals surface area contributed by atoms with Crippen LogP contribution < -0.4 is 10.5 Å². The van der Waals surface area contributed by atoms with Crippen molar-refractivity contribution in [1.82, 2.24) is 9.78 Å². The Kier molecular flexibility index (Phi) is 4.06. The molecule has 19 heavy (non-hydrogen) atoms. The predicted molar refractivity (Wildman–Crippen MR) is 80.9 cm³/mol. The van der Waals surface area contributed by atoms with Crippen LogP contribution >= 0.6 is 27.5 Å². The van der Waals surface area contributed by atoms with E-state index in [1.165, 1.54) is 0 Å². The highest BCUT2D eigenvalue weighted by molar-refractivity contribution is 9.10. The van der Waals surface area contributed by atoms with Crippen molar-refractivity contribution in [2.75, 3.05) is 5.73 Å². The summed E-state index contributed by atoms with van der Waals surface area (Å²) in [6.45, 7) is 4.08. The Labute approximate surface area is 125 Å². The topological polar surface area (TPSA) is 53.1 Å². The molecule has 2 N–H and O–H groups in total. The van der Waals surface area contributed by atoms with Gasteiger partial charge in [-0.25, -0.2) is 4.68 Å². The lowest BCUT2D eigenvalue weighted by Gasteiger charge is -2.09. The molecule has 0 saturated carbocycles. The van der Waals surface area contributed by atoms with Gasteiger partial charge in [-0.3, -0.25) is 0 Å². The van der Waals surface area contributed by atoms with Crippen LogP contribution in [0, 0.1) is 0 Å². The summed E-state index contributed by atoms with van der Waals surface area (Å²) in [7, 11) is 1.81. The van der Waals surface area contributed by atoms with Gasteiger partial charge in [0, 0.05) is 12.1 Å². The maximum absolute atomic E-state index is 6.08. The predicted octanol–water partition coefficient (Wildman–Crippen LogP) is 4.33. The number of nitrogens with zero attached hydrogens (tertiary/aromatic N) is 2. The molecule has 0 atom stereocenters. The minimum Gasteiger partial charge on any atom is -0.436 e. The minimum atomic E-state index is 0.247. The Morgan fingerprint density at radius 3 is 2.63 bits per heavy atom. The van der Waals surface area contributed by atoms with Gasteiger partial charge in [-0.05, 0) is 40.0 Å². The number of halogens is 2. The molecule has 0 fully saturated rings. The molecule has 0 saturated heterocycles. The van der Waals surface area contributed by atoms with Crippen molar-refractivity contribution in [3.63, 3.8) is 0 Å². The summed E-state index contributed by atoms with van der Waals surface area (Å²) in [6, 6.07) is 5.32. The third-order valence-corrected chi connectivity index (χ3v) is 3.56. The summed E-state index contributed by atoms with van der Waals surface area (Å²) < 4.78 is 8.24. The zero-order valence-electron chi connectivity index (χ0n) is 10.9. The third kappa shape index (κ3) is 2.87. The second kappa shape index (κ2) is 5.43. The number of nitrogens with two attached hydrogens (primary N) is 1. The van der Waals surface area contributed by atoms with E-state index >= 15 is 0 Å². The van der Waals surface area contributed by atoms with Gasteiger partial charge in [-0.2, -0.15) is 5.10 Å². The summed E-state index contributed by atoms with van der Waals surface area (Å²) >= 11 is 9.31. The van der Waals surface area contributed by atoms with Crippen LogP contribution in [0.15, 0.2) is 22.7 Å². The Bertz CT molecular complexity index is 610. The molecular weight excluding hydrogens is 330 g/mol. The van der Waals surface area contributed by atoms with E-state index < -0.39 is 0 Å². The fraction of sp³-hybridized carbons (Fsp3) is 0.308. The highest BCUT2D eigenvalue weighted by Gasteiger charge is 2.18. The summed E-state index contributed by atoms with van der Waals surface area (Å²) in [5.41, 5.74) is 7.49. The van der Waals surface area contributed by atoms with Crippen LogP contribution in [0.4, 0.5) is 5.69 Å². The summed E-state index contributed by atoms with van der Waals surface area (Å²) in [4.78, 5) is 0. The standard InChI is InChI=1S/C13H15BrClN3O/c1-7(2)12-11(16)13(18(3)17-12)19-10-5-4-8(15)6-9(10)14/h4-7H,16H2,1-3H3. The van der Waals surface area contributed by atoms with Crippen LogP contribution in [0.5, 0.6) is 11.6 Å². The van der Waals surface area contributed by atoms with E-state index in [1.54, 1.807) is 29.9 Å². The van der Waals surface area contributed by atoms with E-state index in [4.69, 9.17) is 22.1 Å². The Morgan fingerprint density at radius 2 is 2.11 bits per heavy atom. The van der Waals surface area contributed by atoms with E-state index in [0.29, 0.717) is 22.3 Å². The lowest BCUT2D eigenvalue weighted by atomic mass is 10.1. The number of hydrogen-bond donors (Lipinski definition) is 1. The van der Waals surface area contributed by atoms with Crippen LogP contribution in [-0.4, -0.2) is 9.78 Å². The fourth-order valence-electron chi connectivity index (χ4n) is 1.75. The first-order valence-electron chi connectivity index (χ1n) is 5.85. The molecule has 0 radical (unpaired) electrons. The van der Waals surface area contributed by atoms with Gasteiger partial charge in [-0.1, -0.05) is 25.4 Å². The first-order chi connectivity index (χ1) is 8.90. The van der Waals surface area contributed by atoms with E-state index in [-0.39, 0.29) is 5.92 Å². The second-order valence-electron chi connectivity index (χ2n) is 4.56. The minimum absolute atomic E-state index is 0.247. The second-order valence-corrected chi connectivity index (χ2v) is 5.85. The number of aromatic nitrogens is 2. The van der Waals surface area contributed by atoms with Crippen molar-refractivity contribution in [3.05, 3.63) is 33.4 Å². The van der Waals surface area contributed by atoms with Gasteiger partial charge >= 0.3 is 0 Å². The maximum atomic E-state index is 6.08. The van der Waals surface area contributed by atoms with Gasteiger partial charge in [0.1, 0.15) is 11.4 Å². The monoisotopic (exact) mass is 343 g/mol. The molecular formula is C13H15BrClN3O. The van der Waals surface area contributed by atoms with Crippen LogP contribution in [-0.2, 0) is 7.05 Å². The molecule has 2 rings (SSSR count). The molecule has 0 aliphatic rings. The number of aryl methyl sites for hydroxylation is 1. The molecule has 6 heteroatoms. The van der Waals surface area contributed by atoms with Gasteiger partial charge in [0.25, 0.3) is 0 Å². The van der Waals surface area contributed by atoms with Crippen molar-refractivity contribution in [2.24, 2.45) is 7.05 Å². The number of nitrogen functional groups attached to an aromatic ring is 1. The van der Waals surface area contributed by atoms with E-state index in [9.17, 15) is 0 Å². The van der Waals surface area contributed by atoms with Crippen molar-refractivity contribution in [2.45, 2.75) is 19.8 Å². The molecule has 102 valence electrons. The van der Waals surface area contributed by atoms with Gasteiger partial charge in [-0.15, -0.1) is 0 Å².